The van der Waals surface area contributed by atoms with Gasteiger partial charge >= 0.3 is 0 Å². The van der Waals surface area contributed by atoms with Gasteiger partial charge in [-0.25, -0.2) is 8.42 Å². The minimum absolute atomic E-state index is 0.0542. The van der Waals surface area contributed by atoms with Crippen molar-refractivity contribution >= 4 is 10.0 Å². The quantitative estimate of drug-likeness (QED) is 0.877. The van der Waals surface area contributed by atoms with E-state index in [-0.39, 0.29) is 12.1 Å². The Hall–Kier alpha value is -0.920. The van der Waals surface area contributed by atoms with Gasteiger partial charge < -0.3 is 5.73 Å². The molecule has 0 amide bonds. The highest BCUT2D eigenvalue weighted by Gasteiger charge is 2.35. The van der Waals surface area contributed by atoms with Gasteiger partial charge in [-0.2, -0.15) is 9.40 Å². The molecule has 0 spiro atoms. The zero-order valence-corrected chi connectivity index (χ0v) is 13.2. The summed E-state index contributed by atoms with van der Waals surface area (Å²) in [5, 5.41) is 6.76. The number of nitrogens with one attached hydrogen (secondary N) is 1. The summed E-state index contributed by atoms with van der Waals surface area (Å²) in [6.07, 6.45) is 3.45. The monoisotopic (exact) mass is 300 g/mol. The van der Waals surface area contributed by atoms with Crippen LogP contribution in [0.25, 0.3) is 0 Å². The third-order valence-electron chi connectivity index (χ3n) is 4.09. The number of rotatable bonds is 4. The predicted octanol–water partition coefficient (Wildman–Crippen LogP) is 1.31. The highest BCUT2D eigenvalue weighted by atomic mass is 32.2. The first kappa shape index (κ1) is 15.5. The third kappa shape index (κ3) is 2.75. The lowest BCUT2D eigenvalue weighted by atomic mass is 9.92. The smallest absolute Gasteiger partial charge is 0.246 e. The van der Waals surface area contributed by atoms with Gasteiger partial charge in [0.1, 0.15) is 4.90 Å². The first-order valence-corrected chi connectivity index (χ1v) is 8.61. The van der Waals surface area contributed by atoms with Gasteiger partial charge in [-0.15, -0.1) is 0 Å². The van der Waals surface area contributed by atoms with Crippen LogP contribution in [0.5, 0.6) is 0 Å². The van der Waals surface area contributed by atoms with Crippen LogP contribution in [0.15, 0.2) is 4.90 Å². The topological polar surface area (TPSA) is 92.1 Å². The van der Waals surface area contributed by atoms with E-state index < -0.39 is 10.0 Å². The summed E-state index contributed by atoms with van der Waals surface area (Å²) >= 11 is 0. The van der Waals surface area contributed by atoms with E-state index in [1.54, 1.807) is 18.2 Å². The van der Waals surface area contributed by atoms with E-state index in [2.05, 4.69) is 10.2 Å². The van der Waals surface area contributed by atoms with E-state index in [0.29, 0.717) is 22.8 Å². The number of aromatic amines is 1. The summed E-state index contributed by atoms with van der Waals surface area (Å²) in [6, 6.07) is 0.267. The molecule has 7 heteroatoms. The molecule has 0 radical (unpaired) electrons. The average Bonchev–Trinajstić information content (AvgIpc) is 2.72. The summed E-state index contributed by atoms with van der Waals surface area (Å²) in [5.41, 5.74) is 7.05. The molecule has 0 saturated heterocycles. The van der Waals surface area contributed by atoms with Gasteiger partial charge in [0.2, 0.25) is 10.0 Å². The molecule has 1 aromatic rings. The molecule has 0 bridgehead atoms. The number of H-pyrrole nitrogens is 1. The van der Waals surface area contributed by atoms with Gasteiger partial charge in [-0.05, 0) is 39.5 Å². The molecule has 1 fully saturated rings. The summed E-state index contributed by atoms with van der Waals surface area (Å²) in [7, 11) is -3.49. The zero-order valence-electron chi connectivity index (χ0n) is 12.4. The molecule has 1 aromatic heterocycles. The molecule has 0 aliphatic heterocycles. The van der Waals surface area contributed by atoms with Crippen LogP contribution in [0.1, 0.15) is 44.0 Å². The number of hydrogen-bond donors (Lipinski definition) is 2. The molecular formula is C13H24N4O2S. The normalized spacial score (nSPS) is 24.2. The minimum Gasteiger partial charge on any atom is -0.328 e. The number of sulfonamides is 1. The Morgan fingerprint density at radius 1 is 1.30 bits per heavy atom. The Labute approximate surface area is 120 Å². The second-order valence-electron chi connectivity index (χ2n) is 5.54. The second kappa shape index (κ2) is 5.83. The van der Waals surface area contributed by atoms with Crippen LogP contribution in [0.4, 0.5) is 0 Å². The van der Waals surface area contributed by atoms with Crippen LogP contribution in [0.3, 0.4) is 0 Å². The van der Waals surface area contributed by atoms with E-state index in [1.807, 2.05) is 6.92 Å². The van der Waals surface area contributed by atoms with Crippen molar-refractivity contribution in [3.05, 3.63) is 11.4 Å². The van der Waals surface area contributed by atoms with E-state index in [0.717, 1.165) is 25.7 Å². The summed E-state index contributed by atoms with van der Waals surface area (Å²) < 4.78 is 27.4. The first-order chi connectivity index (χ1) is 9.37. The van der Waals surface area contributed by atoms with Crippen molar-refractivity contribution in [1.82, 2.24) is 14.5 Å². The lowest BCUT2D eigenvalue weighted by Crippen LogP contribution is -2.44. The van der Waals surface area contributed by atoms with Crippen molar-refractivity contribution in [2.45, 2.75) is 63.4 Å². The Kier molecular flexibility index (Phi) is 4.51. The van der Waals surface area contributed by atoms with E-state index in [1.165, 1.54) is 0 Å². The number of nitrogens with two attached hydrogens (primary N) is 1. The maximum Gasteiger partial charge on any atom is 0.246 e. The molecule has 3 N–H and O–H groups in total. The van der Waals surface area contributed by atoms with Crippen molar-refractivity contribution < 1.29 is 8.42 Å². The van der Waals surface area contributed by atoms with Gasteiger partial charge in [0.05, 0.1) is 11.4 Å². The lowest BCUT2D eigenvalue weighted by molar-refractivity contribution is 0.247. The standard InChI is InChI=1S/C13H24N4O2S/c1-4-17(12-7-5-11(14)6-8-12)20(18,19)13-9(2)15-16-10(13)3/h11-12H,4-8,14H2,1-3H3,(H,15,16). The average molecular weight is 300 g/mol. The molecule has 1 aliphatic rings. The molecule has 0 unspecified atom stereocenters. The van der Waals surface area contributed by atoms with E-state index >= 15 is 0 Å². The van der Waals surface area contributed by atoms with Crippen molar-refractivity contribution in [3.63, 3.8) is 0 Å². The van der Waals surface area contributed by atoms with Gasteiger partial charge in [-0.3, -0.25) is 5.10 Å². The maximum atomic E-state index is 12.9. The van der Waals surface area contributed by atoms with Crippen LogP contribution < -0.4 is 5.73 Å². The molecule has 0 aromatic carbocycles. The summed E-state index contributed by atoms with van der Waals surface area (Å²) in [5.74, 6) is 0. The Morgan fingerprint density at radius 2 is 1.90 bits per heavy atom. The third-order valence-corrected chi connectivity index (χ3v) is 6.38. The largest absolute Gasteiger partial charge is 0.328 e. The van der Waals surface area contributed by atoms with Crippen LogP contribution in [0.2, 0.25) is 0 Å². The van der Waals surface area contributed by atoms with Crippen molar-refractivity contribution in [2.24, 2.45) is 5.73 Å². The first-order valence-electron chi connectivity index (χ1n) is 7.17. The molecule has 20 heavy (non-hydrogen) atoms. The van der Waals surface area contributed by atoms with Crippen molar-refractivity contribution in [3.8, 4) is 0 Å². The molecule has 1 heterocycles. The van der Waals surface area contributed by atoms with Crippen LogP contribution in [-0.4, -0.2) is 41.5 Å². The van der Waals surface area contributed by atoms with E-state index in [9.17, 15) is 8.42 Å². The second-order valence-corrected chi connectivity index (χ2v) is 7.37. The minimum atomic E-state index is -3.49. The highest BCUT2D eigenvalue weighted by Crippen LogP contribution is 2.29. The number of nitrogens with zero attached hydrogens (tertiary/aromatic N) is 2. The van der Waals surface area contributed by atoms with Gasteiger partial charge in [-0.1, -0.05) is 6.92 Å². The number of aryl methyl sites for hydroxylation is 2. The fourth-order valence-electron chi connectivity index (χ4n) is 3.05. The highest BCUT2D eigenvalue weighted by molar-refractivity contribution is 7.89. The van der Waals surface area contributed by atoms with Crippen molar-refractivity contribution in [2.75, 3.05) is 6.54 Å². The summed E-state index contributed by atoms with van der Waals surface area (Å²) in [6.45, 7) is 5.83. The van der Waals surface area contributed by atoms with Crippen LogP contribution >= 0.6 is 0 Å². The number of hydrogen-bond acceptors (Lipinski definition) is 4. The Morgan fingerprint density at radius 3 is 2.35 bits per heavy atom. The zero-order chi connectivity index (χ0) is 14.9. The number of aromatic nitrogens is 2. The molecule has 1 saturated carbocycles. The fraction of sp³-hybridized carbons (Fsp3) is 0.769. The molecular weight excluding hydrogens is 276 g/mol. The Bertz CT molecular complexity index is 539. The predicted molar refractivity (Wildman–Crippen MR) is 77.9 cm³/mol. The summed E-state index contributed by atoms with van der Waals surface area (Å²) in [4.78, 5) is 0.328. The maximum absolute atomic E-state index is 12.9. The van der Waals surface area contributed by atoms with E-state index in [4.69, 9.17) is 5.73 Å². The Balaban J connectivity index is 2.31. The van der Waals surface area contributed by atoms with Crippen LogP contribution in [-0.2, 0) is 10.0 Å². The SMILES string of the molecule is CCN(C1CCC(N)CC1)S(=O)(=O)c1c(C)n[nH]c1C. The molecule has 1 aliphatic carbocycles. The molecule has 0 atom stereocenters. The lowest BCUT2D eigenvalue weighted by Gasteiger charge is -2.34. The molecule has 2 rings (SSSR count). The van der Waals surface area contributed by atoms with Gasteiger partial charge in [0.25, 0.3) is 0 Å². The molecule has 114 valence electrons. The molecule has 6 nitrogen and oxygen atoms in total. The van der Waals surface area contributed by atoms with Gasteiger partial charge in [0.15, 0.2) is 0 Å². The van der Waals surface area contributed by atoms with Gasteiger partial charge in [0, 0.05) is 18.6 Å². The van der Waals surface area contributed by atoms with Crippen LogP contribution in [0, 0.1) is 13.8 Å². The van der Waals surface area contributed by atoms with Crippen molar-refractivity contribution in [1.29, 1.82) is 0 Å². The fourth-order valence-corrected chi connectivity index (χ4v) is 5.08.